The Bertz CT molecular complexity index is 2810. The number of hydrogen-bond acceptors (Lipinski definition) is 1. The van der Waals surface area contributed by atoms with Gasteiger partial charge in [0.15, 0.2) is 0 Å². The van der Waals surface area contributed by atoms with E-state index in [1.165, 1.54) is 60.8 Å². The van der Waals surface area contributed by atoms with Crippen LogP contribution in [0.4, 0.5) is 17.1 Å². The van der Waals surface area contributed by atoms with Gasteiger partial charge in [-0.3, -0.25) is 0 Å². The van der Waals surface area contributed by atoms with Crippen molar-refractivity contribution in [2.24, 2.45) is 0 Å². The number of anilines is 3. The largest absolute Gasteiger partial charge is 0.310 e. The summed E-state index contributed by atoms with van der Waals surface area (Å²) in [6, 6.07) is 83.0. The molecule has 0 saturated heterocycles. The van der Waals surface area contributed by atoms with E-state index in [0.717, 1.165) is 28.3 Å². The van der Waals surface area contributed by atoms with E-state index in [2.05, 4.69) is 240 Å². The lowest BCUT2D eigenvalue weighted by Gasteiger charge is -2.26. The van der Waals surface area contributed by atoms with E-state index in [0.29, 0.717) is 0 Å². The summed E-state index contributed by atoms with van der Waals surface area (Å²) in [5.74, 6) is 0. The SMILES string of the molecule is c1ccc(-c2ccc(N(c3ccc(-c4ccccc4)cc3)c3cccc(-c4cccc(-c5cccc(-n6c7ccccc7c7ccccc76)c5)c4)c3)cc2)cc1. The van der Waals surface area contributed by atoms with Crippen molar-refractivity contribution in [2.75, 3.05) is 4.90 Å². The second kappa shape index (κ2) is 14.4. The zero-order chi connectivity index (χ0) is 37.3. The normalized spacial score (nSPS) is 11.2. The molecule has 10 aromatic rings. The Morgan fingerprint density at radius 1 is 0.250 bits per heavy atom. The van der Waals surface area contributed by atoms with Gasteiger partial charge >= 0.3 is 0 Å². The van der Waals surface area contributed by atoms with Gasteiger partial charge in [-0.15, -0.1) is 0 Å². The Balaban J connectivity index is 1.02. The minimum absolute atomic E-state index is 1.10. The molecule has 0 spiro atoms. The predicted molar refractivity (Wildman–Crippen MR) is 237 cm³/mol. The van der Waals surface area contributed by atoms with E-state index in [1.54, 1.807) is 0 Å². The number of hydrogen-bond donors (Lipinski definition) is 0. The fraction of sp³-hybridized carbons (Fsp3) is 0. The van der Waals surface area contributed by atoms with Crippen molar-refractivity contribution in [3.63, 3.8) is 0 Å². The van der Waals surface area contributed by atoms with Crippen molar-refractivity contribution in [3.05, 3.63) is 231 Å². The number of fused-ring (bicyclic) bond motifs is 3. The minimum Gasteiger partial charge on any atom is -0.310 e. The summed E-state index contributed by atoms with van der Waals surface area (Å²) in [6.45, 7) is 0. The number of aromatic nitrogens is 1. The molecule has 1 heterocycles. The Morgan fingerprint density at radius 2 is 0.643 bits per heavy atom. The molecular weight excluding hydrogens is 677 g/mol. The number of rotatable bonds is 8. The lowest BCUT2D eigenvalue weighted by Crippen LogP contribution is -2.10. The molecular formula is C54H38N2. The van der Waals surface area contributed by atoms with E-state index in [-0.39, 0.29) is 0 Å². The molecule has 0 N–H and O–H groups in total. The van der Waals surface area contributed by atoms with Gasteiger partial charge in [0, 0.05) is 33.5 Å². The maximum absolute atomic E-state index is 2.38. The molecule has 0 radical (unpaired) electrons. The van der Waals surface area contributed by atoms with Crippen LogP contribution in [0.5, 0.6) is 0 Å². The second-order valence-electron chi connectivity index (χ2n) is 14.2. The first-order chi connectivity index (χ1) is 27.8. The van der Waals surface area contributed by atoms with Crippen LogP contribution in [0.15, 0.2) is 231 Å². The van der Waals surface area contributed by atoms with Gasteiger partial charge in [0.05, 0.1) is 11.0 Å². The second-order valence-corrected chi connectivity index (χ2v) is 14.2. The fourth-order valence-corrected chi connectivity index (χ4v) is 8.04. The van der Waals surface area contributed by atoms with Gasteiger partial charge in [-0.2, -0.15) is 0 Å². The molecule has 56 heavy (non-hydrogen) atoms. The molecule has 0 aliphatic carbocycles. The smallest absolute Gasteiger partial charge is 0.0541 e. The van der Waals surface area contributed by atoms with Crippen LogP contribution in [0.25, 0.3) is 72.0 Å². The highest BCUT2D eigenvalue weighted by Crippen LogP contribution is 2.39. The first-order valence-electron chi connectivity index (χ1n) is 19.2. The lowest BCUT2D eigenvalue weighted by molar-refractivity contribution is 1.18. The average molecular weight is 715 g/mol. The summed E-state index contributed by atoms with van der Waals surface area (Å²) in [5.41, 5.74) is 16.4. The van der Waals surface area contributed by atoms with Crippen molar-refractivity contribution < 1.29 is 0 Å². The van der Waals surface area contributed by atoms with Gasteiger partial charge in [-0.1, -0.05) is 164 Å². The third kappa shape index (κ3) is 6.24. The van der Waals surface area contributed by atoms with Gasteiger partial charge in [0.25, 0.3) is 0 Å². The molecule has 2 nitrogen and oxygen atoms in total. The van der Waals surface area contributed by atoms with Crippen molar-refractivity contribution in [1.29, 1.82) is 0 Å². The van der Waals surface area contributed by atoms with Crippen molar-refractivity contribution >= 4 is 38.9 Å². The number of benzene rings is 9. The zero-order valence-corrected chi connectivity index (χ0v) is 30.8. The van der Waals surface area contributed by atoms with Crippen LogP contribution in [-0.2, 0) is 0 Å². The fourth-order valence-electron chi connectivity index (χ4n) is 8.04. The molecule has 9 aromatic carbocycles. The molecule has 0 aliphatic heterocycles. The van der Waals surface area contributed by atoms with Crippen LogP contribution in [-0.4, -0.2) is 4.57 Å². The van der Waals surface area contributed by atoms with Crippen molar-refractivity contribution in [1.82, 2.24) is 4.57 Å². The Kier molecular flexibility index (Phi) is 8.55. The monoisotopic (exact) mass is 714 g/mol. The summed E-state index contributed by atoms with van der Waals surface area (Å²) in [6.07, 6.45) is 0. The van der Waals surface area contributed by atoms with Gasteiger partial charge < -0.3 is 9.47 Å². The molecule has 2 heteroatoms. The Hall–Kier alpha value is -7.42. The highest BCUT2D eigenvalue weighted by atomic mass is 15.1. The van der Waals surface area contributed by atoms with Crippen molar-refractivity contribution in [3.8, 4) is 50.2 Å². The van der Waals surface area contributed by atoms with Crippen molar-refractivity contribution in [2.45, 2.75) is 0 Å². The van der Waals surface area contributed by atoms with E-state index in [9.17, 15) is 0 Å². The lowest BCUT2D eigenvalue weighted by atomic mass is 9.98. The van der Waals surface area contributed by atoms with Crippen LogP contribution in [0.3, 0.4) is 0 Å². The standard InChI is InChI=1S/C54H38N2/c1-3-14-39(15-4-1)41-28-32-47(33-29-41)55(48-34-30-42(31-35-48)40-16-5-2-6-17-40)49-22-12-20-45(37-49)43-18-11-19-44(36-43)46-21-13-23-50(38-46)56-53-26-9-7-24-51(53)52-25-8-10-27-54(52)56/h1-38H. The maximum Gasteiger partial charge on any atom is 0.0541 e. The van der Waals surface area contributed by atoms with Crippen LogP contribution in [0, 0.1) is 0 Å². The number of para-hydroxylation sites is 2. The molecule has 0 saturated carbocycles. The Labute approximate surface area is 327 Å². The van der Waals surface area contributed by atoms with Crippen LogP contribution >= 0.6 is 0 Å². The van der Waals surface area contributed by atoms with E-state index in [1.807, 2.05) is 0 Å². The summed E-state index contributed by atoms with van der Waals surface area (Å²) in [5, 5.41) is 2.53. The zero-order valence-electron chi connectivity index (χ0n) is 30.8. The first-order valence-corrected chi connectivity index (χ1v) is 19.2. The minimum atomic E-state index is 1.10. The highest BCUT2D eigenvalue weighted by molar-refractivity contribution is 6.09. The third-order valence-corrected chi connectivity index (χ3v) is 10.8. The van der Waals surface area contributed by atoms with Crippen LogP contribution in [0.2, 0.25) is 0 Å². The third-order valence-electron chi connectivity index (χ3n) is 10.8. The quantitative estimate of drug-likeness (QED) is 0.152. The van der Waals surface area contributed by atoms with Gasteiger partial charge in [0.1, 0.15) is 0 Å². The topological polar surface area (TPSA) is 8.17 Å². The van der Waals surface area contributed by atoms with Crippen LogP contribution < -0.4 is 4.90 Å². The van der Waals surface area contributed by atoms with E-state index >= 15 is 0 Å². The van der Waals surface area contributed by atoms with Crippen LogP contribution in [0.1, 0.15) is 0 Å². The van der Waals surface area contributed by atoms with E-state index in [4.69, 9.17) is 0 Å². The summed E-state index contributed by atoms with van der Waals surface area (Å²) < 4.78 is 2.38. The molecule has 0 atom stereocenters. The molecule has 0 amide bonds. The summed E-state index contributed by atoms with van der Waals surface area (Å²) in [4.78, 5) is 2.35. The average Bonchev–Trinajstić information content (AvgIpc) is 3.62. The maximum atomic E-state index is 2.38. The highest BCUT2D eigenvalue weighted by Gasteiger charge is 2.16. The molecule has 10 rings (SSSR count). The molecule has 0 fully saturated rings. The van der Waals surface area contributed by atoms with Gasteiger partial charge in [0.2, 0.25) is 0 Å². The van der Waals surface area contributed by atoms with E-state index < -0.39 is 0 Å². The molecule has 0 bridgehead atoms. The molecule has 0 unspecified atom stereocenters. The molecule has 264 valence electrons. The number of nitrogens with zero attached hydrogens (tertiary/aromatic N) is 2. The summed E-state index contributed by atoms with van der Waals surface area (Å²) in [7, 11) is 0. The predicted octanol–water partition coefficient (Wildman–Crippen LogP) is 14.9. The van der Waals surface area contributed by atoms with Gasteiger partial charge in [-0.25, -0.2) is 0 Å². The molecule has 1 aromatic heterocycles. The first kappa shape index (κ1) is 33.2. The Morgan fingerprint density at radius 3 is 1.18 bits per heavy atom. The molecule has 0 aliphatic rings. The summed E-state index contributed by atoms with van der Waals surface area (Å²) >= 11 is 0. The van der Waals surface area contributed by atoms with Gasteiger partial charge in [-0.05, 0) is 111 Å².